The number of sulfonamides is 1. The molecule has 1 aromatic heterocycles. The number of hydrogen-bond acceptors (Lipinski definition) is 4. The van der Waals surface area contributed by atoms with Crippen molar-refractivity contribution in [1.29, 1.82) is 5.26 Å². The molecule has 0 saturated carbocycles. The van der Waals surface area contributed by atoms with Gasteiger partial charge in [-0.05, 0) is 12.1 Å². The van der Waals surface area contributed by atoms with Crippen molar-refractivity contribution in [1.82, 2.24) is 9.78 Å². The van der Waals surface area contributed by atoms with E-state index in [1.807, 2.05) is 6.07 Å². The summed E-state index contributed by atoms with van der Waals surface area (Å²) in [6.45, 7) is 0. The third-order valence-corrected chi connectivity index (χ3v) is 3.60. The highest BCUT2D eigenvalue weighted by Gasteiger charge is 2.17. The number of rotatable bonds is 3. The van der Waals surface area contributed by atoms with E-state index in [-0.39, 0.29) is 16.1 Å². The second-order valence-electron chi connectivity index (χ2n) is 3.61. The highest BCUT2D eigenvalue weighted by atomic mass is 32.2. The van der Waals surface area contributed by atoms with E-state index in [9.17, 15) is 8.42 Å². The fraction of sp³-hybridized carbons (Fsp3) is 0.0909. The number of nitrogens with zero attached hydrogens (tertiary/aromatic N) is 3. The zero-order valence-corrected chi connectivity index (χ0v) is 10.3. The van der Waals surface area contributed by atoms with Crippen molar-refractivity contribution in [3.63, 3.8) is 0 Å². The predicted molar refractivity (Wildman–Crippen MR) is 65.2 cm³/mol. The largest absolute Gasteiger partial charge is 0.278 e. The summed E-state index contributed by atoms with van der Waals surface area (Å²) >= 11 is 0. The molecule has 92 valence electrons. The Morgan fingerprint density at radius 1 is 1.39 bits per heavy atom. The van der Waals surface area contributed by atoms with E-state index in [1.165, 1.54) is 23.1 Å². The fourth-order valence-corrected chi connectivity index (χ4v) is 2.47. The molecule has 0 saturated heterocycles. The van der Waals surface area contributed by atoms with Crippen molar-refractivity contribution in [2.75, 3.05) is 4.72 Å². The molecule has 1 aromatic carbocycles. The molecule has 1 N–H and O–H groups in total. The molecule has 2 aromatic rings. The van der Waals surface area contributed by atoms with Gasteiger partial charge in [0.2, 0.25) is 0 Å². The molecule has 7 heteroatoms. The standard InChI is InChI=1S/C11H10N4O2S/c1-15-8-10(7-13-15)18(16,17)14-11-5-3-2-4-9(11)6-12/h2-5,7-8,14H,1H3. The third-order valence-electron chi connectivity index (χ3n) is 2.28. The van der Waals surface area contributed by atoms with Gasteiger partial charge in [0, 0.05) is 13.2 Å². The van der Waals surface area contributed by atoms with Crippen LogP contribution >= 0.6 is 0 Å². The molecule has 0 amide bonds. The van der Waals surface area contributed by atoms with Crippen LogP contribution in [0.5, 0.6) is 0 Å². The minimum Gasteiger partial charge on any atom is -0.278 e. The lowest BCUT2D eigenvalue weighted by Gasteiger charge is -2.07. The van der Waals surface area contributed by atoms with Crippen LogP contribution in [-0.4, -0.2) is 18.2 Å². The highest BCUT2D eigenvalue weighted by Crippen LogP contribution is 2.18. The first-order valence-corrected chi connectivity index (χ1v) is 6.52. The lowest BCUT2D eigenvalue weighted by molar-refractivity contribution is 0.601. The average Bonchev–Trinajstić information content (AvgIpc) is 2.77. The summed E-state index contributed by atoms with van der Waals surface area (Å²) in [5, 5.41) is 12.7. The minimum absolute atomic E-state index is 0.0535. The van der Waals surface area contributed by atoms with Gasteiger partial charge in [-0.3, -0.25) is 9.40 Å². The zero-order valence-electron chi connectivity index (χ0n) is 9.53. The Morgan fingerprint density at radius 2 is 2.11 bits per heavy atom. The minimum atomic E-state index is -3.71. The SMILES string of the molecule is Cn1cc(S(=O)(=O)Nc2ccccc2C#N)cn1. The number of para-hydroxylation sites is 1. The first-order chi connectivity index (χ1) is 8.53. The second kappa shape index (κ2) is 4.50. The van der Waals surface area contributed by atoms with Crippen LogP contribution in [0.15, 0.2) is 41.6 Å². The molecule has 6 nitrogen and oxygen atoms in total. The average molecular weight is 262 g/mol. The van der Waals surface area contributed by atoms with Gasteiger partial charge in [0.15, 0.2) is 0 Å². The molecular weight excluding hydrogens is 252 g/mol. The topological polar surface area (TPSA) is 87.8 Å². The summed E-state index contributed by atoms with van der Waals surface area (Å²) < 4.78 is 27.8. The number of benzene rings is 1. The summed E-state index contributed by atoms with van der Waals surface area (Å²) in [4.78, 5) is 0.0535. The Labute approximate surface area is 105 Å². The van der Waals surface area contributed by atoms with Crippen LogP contribution in [0, 0.1) is 11.3 Å². The van der Waals surface area contributed by atoms with E-state index in [1.54, 1.807) is 25.2 Å². The molecule has 0 bridgehead atoms. The van der Waals surface area contributed by atoms with Crippen LogP contribution in [0.25, 0.3) is 0 Å². The summed E-state index contributed by atoms with van der Waals surface area (Å²) in [7, 11) is -2.08. The number of aromatic nitrogens is 2. The maximum absolute atomic E-state index is 12.0. The number of nitrogens with one attached hydrogen (secondary N) is 1. The Kier molecular flexibility index (Phi) is 3.04. The third kappa shape index (κ3) is 2.33. The first kappa shape index (κ1) is 12.1. The van der Waals surface area contributed by atoms with Crippen LogP contribution in [-0.2, 0) is 17.1 Å². The molecule has 0 atom stereocenters. The molecule has 1 heterocycles. The maximum atomic E-state index is 12.0. The van der Waals surface area contributed by atoms with Crippen molar-refractivity contribution in [3.05, 3.63) is 42.2 Å². The lowest BCUT2D eigenvalue weighted by atomic mass is 10.2. The van der Waals surface area contributed by atoms with Gasteiger partial charge in [0.25, 0.3) is 10.0 Å². The maximum Gasteiger partial charge on any atom is 0.265 e. The summed E-state index contributed by atoms with van der Waals surface area (Å²) in [5.41, 5.74) is 0.522. The molecule has 2 rings (SSSR count). The van der Waals surface area contributed by atoms with Gasteiger partial charge in [0.05, 0.1) is 17.4 Å². The molecule has 0 aliphatic rings. The van der Waals surface area contributed by atoms with Crippen molar-refractivity contribution in [2.45, 2.75) is 4.90 Å². The quantitative estimate of drug-likeness (QED) is 0.896. The number of anilines is 1. The van der Waals surface area contributed by atoms with Gasteiger partial charge in [0.1, 0.15) is 11.0 Å². The molecule has 0 fully saturated rings. The first-order valence-electron chi connectivity index (χ1n) is 5.03. The number of hydrogen-bond donors (Lipinski definition) is 1. The van der Waals surface area contributed by atoms with Crippen LogP contribution in [0.1, 0.15) is 5.56 Å². The van der Waals surface area contributed by atoms with Crippen LogP contribution in [0.4, 0.5) is 5.69 Å². The molecule has 18 heavy (non-hydrogen) atoms. The summed E-state index contributed by atoms with van der Waals surface area (Å²) in [6, 6.07) is 8.33. The Bertz CT molecular complexity index is 713. The van der Waals surface area contributed by atoms with Crippen LogP contribution in [0.2, 0.25) is 0 Å². The fourth-order valence-electron chi connectivity index (χ4n) is 1.41. The van der Waals surface area contributed by atoms with Crippen molar-refractivity contribution < 1.29 is 8.42 Å². The van der Waals surface area contributed by atoms with E-state index in [0.29, 0.717) is 0 Å². The van der Waals surface area contributed by atoms with Gasteiger partial charge in [-0.1, -0.05) is 12.1 Å². The van der Waals surface area contributed by atoms with E-state index >= 15 is 0 Å². The second-order valence-corrected chi connectivity index (χ2v) is 5.29. The molecule has 0 unspecified atom stereocenters. The van der Waals surface area contributed by atoms with E-state index in [4.69, 9.17) is 5.26 Å². The van der Waals surface area contributed by atoms with Gasteiger partial charge in [-0.2, -0.15) is 10.4 Å². The zero-order chi connectivity index (χ0) is 13.2. The van der Waals surface area contributed by atoms with Gasteiger partial charge in [-0.15, -0.1) is 0 Å². The molecule has 0 aliphatic carbocycles. The molecule has 0 spiro atoms. The number of nitriles is 1. The van der Waals surface area contributed by atoms with E-state index in [0.717, 1.165) is 0 Å². The Balaban J connectivity index is 2.37. The summed E-state index contributed by atoms with van der Waals surface area (Å²) in [6.07, 6.45) is 2.63. The molecule has 0 aliphatic heterocycles. The van der Waals surface area contributed by atoms with Gasteiger partial charge >= 0.3 is 0 Å². The summed E-state index contributed by atoms with van der Waals surface area (Å²) in [5.74, 6) is 0. The molecule has 0 radical (unpaired) electrons. The van der Waals surface area contributed by atoms with Crippen molar-refractivity contribution >= 4 is 15.7 Å². The lowest BCUT2D eigenvalue weighted by Crippen LogP contribution is -2.13. The van der Waals surface area contributed by atoms with Crippen LogP contribution < -0.4 is 4.72 Å². The van der Waals surface area contributed by atoms with Gasteiger partial charge in [-0.25, -0.2) is 8.42 Å². The highest BCUT2D eigenvalue weighted by molar-refractivity contribution is 7.92. The van der Waals surface area contributed by atoms with Crippen molar-refractivity contribution in [2.24, 2.45) is 7.05 Å². The Hall–Kier alpha value is -2.33. The van der Waals surface area contributed by atoms with Gasteiger partial charge < -0.3 is 0 Å². The molecular formula is C11H10N4O2S. The van der Waals surface area contributed by atoms with E-state index < -0.39 is 10.0 Å². The van der Waals surface area contributed by atoms with E-state index in [2.05, 4.69) is 9.82 Å². The normalized spacial score (nSPS) is 10.9. The van der Waals surface area contributed by atoms with Crippen LogP contribution in [0.3, 0.4) is 0 Å². The smallest absolute Gasteiger partial charge is 0.265 e. The van der Waals surface area contributed by atoms with Crippen molar-refractivity contribution in [3.8, 4) is 6.07 Å². The monoisotopic (exact) mass is 262 g/mol. The Morgan fingerprint density at radius 3 is 2.72 bits per heavy atom. The predicted octanol–water partition coefficient (Wildman–Crippen LogP) is 1.09. The number of aryl methyl sites for hydroxylation is 1.